The van der Waals surface area contributed by atoms with E-state index in [0.717, 1.165) is 25.7 Å². The van der Waals surface area contributed by atoms with E-state index in [1.807, 2.05) is 9.80 Å². The van der Waals surface area contributed by atoms with Crippen LogP contribution < -0.4 is 5.32 Å². The molecule has 3 fully saturated rings. The molecule has 6 heteroatoms. The lowest BCUT2D eigenvalue weighted by Gasteiger charge is -2.36. The summed E-state index contributed by atoms with van der Waals surface area (Å²) < 4.78 is 5.46. The molecule has 3 aliphatic rings. The van der Waals surface area contributed by atoms with Crippen molar-refractivity contribution in [2.45, 2.75) is 57.1 Å². The van der Waals surface area contributed by atoms with Crippen LogP contribution in [0.15, 0.2) is 0 Å². The van der Waals surface area contributed by atoms with Crippen molar-refractivity contribution in [3.63, 3.8) is 0 Å². The molecule has 0 bridgehead atoms. The molecule has 22 heavy (non-hydrogen) atoms. The van der Waals surface area contributed by atoms with Gasteiger partial charge in [-0.3, -0.25) is 4.79 Å². The van der Waals surface area contributed by atoms with Crippen LogP contribution in [0.1, 0.15) is 44.9 Å². The number of carbonyl (C=O) groups excluding carboxylic acids is 2. The zero-order valence-electron chi connectivity index (χ0n) is 13.3. The van der Waals surface area contributed by atoms with Crippen LogP contribution in [0.25, 0.3) is 0 Å². The number of hydrogen-bond acceptors (Lipinski definition) is 3. The highest BCUT2D eigenvalue weighted by Crippen LogP contribution is 2.18. The van der Waals surface area contributed by atoms with Crippen LogP contribution in [0.3, 0.4) is 0 Å². The first-order valence-corrected chi connectivity index (χ1v) is 8.70. The summed E-state index contributed by atoms with van der Waals surface area (Å²) in [6.45, 7) is 3.18. The monoisotopic (exact) mass is 309 g/mol. The molecule has 2 heterocycles. The molecule has 0 spiro atoms. The number of nitrogens with one attached hydrogen (secondary N) is 1. The third-order valence-corrected chi connectivity index (χ3v) is 5.02. The van der Waals surface area contributed by atoms with Crippen LogP contribution in [-0.4, -0.2) is 66.7 Å². The summed E-state index contributed by atoms with van der Waals surface area (Å²) in [7, 11) is 0. The number of carbonyl (C=O) groups is 2. The molecule has 0 unspecified atom stereocenters. The molecule has 1 aliphatic carbocycles. The van der Waals surface area contributed by atoms with Gasteiger partial charge in [-0.05, 0) is 25.7 Å². The Bertz CT molecular complexity index is 395. The van der Waals surface area contributed by atoms with Gasteiger partial charge < -0.3 is 19.9 Å². The van der Waals surface area contributed by atoms with Crippen LogP contribution in [0, 0.1) is 0 Å². The zero-order chi connectivity index (χ0) is 15.4. The van der Waals surface area contributed by atoms with Crippen molar-refractivity contribution in [1.82, 2.24) is 15.1 Å². The molecule has 6 nitrogen and oxygen atoms in total. The number of ether oxygens (including phenoxy) is 1. The van der Waals surface area contributed by atoms with Gasteiger partial charge in [0.2, 0.25) is 0 Å². The maximum Gasteiger partial charge on any atom is 0.317 e. The van der Waals surface area contributed by atoms with Crippen LogP contribution in [-0.2, 0) is 9.53 Å². The maximum atomic E-state index is 12.3. The van der Waals surface area contributed by atoms with Gasteiger partial charge in [-0.25, -0.2) is 4.79 Å². The Morgan fingerprint density at radius 3 is 2.18 bits per heavy atom. The summed E-state index contributed by atoms with van der Waals surface area (Å²) >= 11 is 0. The fourth-order valence-electron chi connectivity index (χ4n) is 3.62. The molecular formula is C16H27N3O3. The largest absolute Gasteiger partial charge is 0.368 e. The molecule has 3 rings (SSSR count). The molecule has 1 atom stereocenters. The van der Waals surface area contributed by atoms with E-state index in [9.17, 15) is 9.59 Å². The summed E-state index contributed by atoms with van der Waals surface area (Å²) in [5.74, 6) is 0.102. The lowest BCUT2D eigenvalue weighted by Crippen LogP contribution is -2.56. The Hall–Kier alpha value is -1.30. The Kier molecular flexibility index (Phi) is 5.18. The van der Waals surface area contributed by atoms with Gasteiger partial charge in [0.05, 0.1) is 0 Å². The van der Waals surface area contributed by atoms with E-state index in [0.29, 0.717) is 38.8 Å². The molecule has 2 saturated heterocycles. The van der Waals surface area contributed by atoms with E-state index in [2.05, 4.69) is 5.32 Å². The topological polar surface area (TPSA) is 61.9 Å². The van der Waals surface area contributed by atoms with Crippen molar-refractivity contribution < 1.29 is 14.3 Å². The molecule has 1 saturated carbocycles. The Morgan fingerprint density at radius 2 is 1.55 bits per heavy atom. The molecule has 3 amide bonds. The SMILES string of the molecule is O=C(NC1CCCCC1)N1CCN(C(=O)[C@@H]2CCCO2)CC1. The normalized spacial score (nSPS) is 27.0. The fraction of sp³-hybridized carbons (Fsp3) is 0.875. The first-order chi connectivity index (χ1) is 10.7. The summed E-state index contributed by atoms with van der Waals surface area (Å²) in [5.41, 5.74) is 0. The maximum absolute atomic E-state index is 12.3. The van der Waals surface area contributed by atoms with Gasteiger partial charge in [-0.1, -0.05) is 19.3 Å². The first-order valence-electron chi connectivity index (χ1n) is 8.70. The van der Waals surface area contributed by atoms with Crippen LogP contribution in [0.4, 0.5) is 4.79 Å². The van der Waals surface area contributed by atoms with Gasteiger partial charge in [0.1, 0.15) is 6.10 Å². The summed E-state index contributed by atoms with van der Waals surface area (Å²) in [6, 6.07) is 0.379. The van der Waals surface area contributed by atoms with E-state index < -0.39 is 0 Å². The quantitative estimate of drug-likeness (QED) is 0.837. The highest BCUT2D eigenvalue weighted by atomic mass is 16.5. The van der Waals surface area contributed by atoms with Gasteiger partial charge in [-0.15, -0.1) is 0 Å². The zero-order valence-corrected chi connectivity index (χ0v) is 13.3. The molecule has 0 radical (unpaired) electrons. The third-order valence-electron chi connectivity index (χ3n) is 5.02. The smallest absolute Gasteiger partial charge is 0.317 e. The lowest BCUT2D eigenvalue weighted by molar-refractivity contribution is -0.142. The van der Waals surface area contributed by atoms with Crippen molar-refractivity contribution in [2.75, 3.05) is 32.8 Å². The van der Waals surface area contributed by atoms with E-state index in [-0.39, 0.29) is 18.0 Å². The Morgan fingerprint density at radius 1 is 0.864 bits per heavy atom. The van der Waals surface area contributed by atoms with Gasteiger partial charge >= 0.3 is 6.03 Å². The third kappa shape index (κ3) is 3.72. The second kappa shape index (κ2) is 7.31. The number of hydrogen-bond donors (Lipinski definition) is 1. The molecule has 2 aliphatic heterocycles. The van der Waals surface area contributed by atoms with E-state index in [1.165, 1.54) is 19.3 Å². The van der Waals surface area contributed by atoms with Crippen molar-refractivity contribution >= 4 is 11.9 Å². The minimum atomic E-state index is -0.248. The van der Waals surface area contributed by atoms with Crippen LogP contribution >= 0.6 is 0 Å². The first kappa shape index (κ1) is 15.6. The second-order valence-corrected chi connectivity index (χ2v) is 6.60. The Labute approximate surface area is 132 Å². The van der Waals surface area contributed by atoms with Crippen molar-refractivity contribution in [1.29, 1.82) is 0 Å². The highest BCUT2D eigenvalue weighted by Gasteiger charge is 2.31. The number of urea groups is 1. The lowest BCUT2D eigenvalue weighted by atomic mass is 9.96. The number of rotatable bonds is 2. The minimum Gasteiger partial charge on any atom is -0.368 e. The van der Waals surface area contributed by atoms with Crippen molar-refractivity contribution in [2.24, 2.45) is 0 Å². The van der Waals surface area contributed by atoms with E-state index >= 15 is 0 Å². The predicted molar refractivity (Wildman–Crippen MR) is 82.5 cm³/mol. The molecular weight excluding hydrogens is 282 g/mol. The van der Waals surface area contributed by atoms with Gasteiger partial charge in [-0.2, -0.15) is 0 Å². The molecule has 0 aromatic rings. The van der Waals surface area contributed by atoms with Crippen molar-refractivity contribution in [3.8, 4) is 0 Å². The minimum absolute atomic E-state index is 0.0381. The standard InChI is InChI=1S/C16H27N3O3/c20-15(14-7-4-12-22-14)18-8-10-19(11-9-18)16(21)17-13-5-2-1-3-6-13/h13-14H,1-12H2,(H,17,21)/t14-/m0/s1. The average molecular weight is 309 g/mol. The number of amides is 3. The molecule has 1 N–H and O–H groups in total. The van der Waals surface area contributed by atoms with Gasteiger partial charge in [0.25, 0.3) is 5.91 Å². The van der Waals surface area contributed by atoms with Crippen LogP contribution in [0.2, 0.25) is 0 Å². The fourth-order valence-corrected chi connectivity index (χ4v) is 3.62. The summed E-state index contributed by atoms with van der Waals surface area (Å²) in [4.78, 5) is 28.3. The molecule has 0 aromatic carbocycles. The highest BCUT2D eigenvalue weighted by molar-refractivity contribution is 5.81. The van der Waals surface area contributed by atoms with Crippen molar-refractivity contribution in [3.05, 3.63) is 0 Å². The molecule has 124 valence electrons. The summed E-state index contributed by atoms with van der Waals surface area (Å²) in [5, 5.41) is 3.15. The van der Waals surface area contributed by atoms with Gasteiger partial charge in [0.15, 0.2) is 0 Å². The van der Waals surface area contributed by atoms with E-state index in [1.54, 1.807) is 0 Å². The summed E-state index contributed by atoms with van der Waals surface area (Å²) in [6.07, 6.45) is 7.48. The van der Waals surface area contributed by atoms with Gasteiger partial charge in [0, 0.05) is 38.8 Å². The predicted octanol–water partition coefficient (Wildman–Crippen LogP) is 1.35. The number of nitrogens with zero attached hydrogens (tertiary/aromatic N) is 2. The average Bonchev–Trinajstić information content (AvgIpc) is 3.10. The van der Waals surface area contributed by atoms with Crippen LogP contribution in [0.5, 0.6) is 0 Å². The molecule has 0 aromatic heterocycles. The number of piperazine rings is 1. The van der Waals surface area contributed by atoms with E-state index in [4.69, 9.17) is 4.74 Å². The Balaban J connectivity index is 1.42. The second-order valence-electron chi connectivity index (χ2n) is 6.60.